The average Bonchev–Trinajstić information content (AvgIpc) is 2.05. The lowest BCUT2D eigenvalue weighted by Gasteiger charge is -2.09. The zero-order valence-corrected chi connectivity index (χ0v) is 5.24. The molecule has 0 atom stereocenters. The fourth-order valence-electron chi connectivity index (χ4n) is 0.836. The van der Waals surface area contributed by atoms with Crippen LogP contribution < -0.4 is 0 Å². The highest BCUT2D eigenvalue weighted by Crippen LogP contribution is 2.13. The highest BCUT2D eigenvalue weighted by molar-refractivity contribution is 5.98. The van der Waals surface area contributed by atoms with Gasteiger partial charge in [0.2, 0.25) is 0 Å². The zero-order chi connectivity index (χ0) is 6.81. The van der Waals surface area contributed by atoms with Crippen LogP contribution in [0, 0.1) is 6.08 Å². The van der Waals surface area contributed by atoms with E-state index in [-0.39, 0.29) is 0 Å². The van der Waals surface area contributed by atoms with Crippen molar-refractivity contribution < 1.29 is 4.84 Å². The van der Waals surface area contributed by atoms with Crippen molar-refractivity contribution >= 4 is 12.1 Å². The summed E-state index contributed by atoms with van der Waals surface area (Å²) in [6, 6.07) is 0. The lowest BCUT2D eigenvalue weighted by molar-refractivity contribution is 0.326. The quantitative estimate of drug-likeness (QED) is 0.486. The number of rotatable bonds is 0. The van der Waals surface area contributed by atoms with E-state index in [9.17, 15) is 0 Å². The van der Waals surface area contributed by atoms with Gasteiger partial charge in [-0.1, -0.05) is 11.2 Å². The monoisotopic (exact) mass is 133 g/mol. The molecule has 0 saturated carbocycles. The van der Waals surface area contributed by atoms with Crippen LogP contribution in [0.4, 0.5) is 0 Å². The van der Waals surface area contributed by atoms with E-state index in [1.165, 1.54) is 6.21 Å². The Bertz CT molecular complexity index is 233. The zero-order valence-electron chi connectivity index (χ0n) is 5.24. The van der Waals surface area contributed by atoms with E-state index in [1.807, 2.05) is 6.08 Å². The summed E-state index contributed by atoms with van der Waals surface area (Å²) in [6.07, 6.45) is 8.95. The molecule has 0 aromatic heterocycles. The van der Waals surface area contributed by atoms with Crippen molar-refractivity contribution in [1.29, 1.82) is 0 Å². The van der Waals surface area contributed by atoms with E-state index in [0.29, 0.717) is 5.90 Å². The maximum Gasteiger partial charge on any atom is 0.252 e. The number of oxime groups is 1. The van der Waals surface area contributed by atoms with Crippen molar-refractivity contribution in [2.75, 3.05) is 0 Å². The maximum absolute atomic E-state index is 4.85. The van der Waals surface area contributed by atoms with Gasteiger partial charge in [-0.05, 0) is 6.42 Å². The van der Waals surface area contributed by atoms with Crippen LogP contribution in [0.1, 0.15) is 6.42 Å². The molecule has 3 nitrogen and oxygen atoms in total. The Morgan fingerprint density at radius 3 is 3.50 bits per heavy atom. The fraction of sp³-hybridized carbons (Fsp3) is 0.143. The molecule has 2 heterocycles. The highest BCUT2D eigenvalue weighted by Gasteiger charge is 2.12. The summed E-state index contributed by atoms with van der Waals surface area (Å²) in [5.74, 6) is 0.574. The molecule has 2 aliphatic heterocycles. The second-order valence-electron chi connectivity index (χ2n) is 1.97. The Labute approximate surface area is 58.4 Å². The number of hydrogen-bond donors (Lipinski definition) is 0. The summed E-state index contributed by atoms with van der Waals surface area (Å²) < 4.78 is 0. The van der Waals surface area contributed by atoms with Crippen LogP contribution in [0.2, 0.25) is 0 Å². The van der Waals surface area contributed by atoms with Crippen molar-refractivity contribution in [3.05, 3.63) is 23.9 Å². The Morgan fingerprint density at radius 2 is 2.60 bits per heavy atom. The predicted molar refractivity (Wildman–Crippen MR) is 37.5 cm³/mol. The molecule has 0 bridgehead atoms. The van der Waals surface area contributed by atoms with Crippen LogP contribution in [-0.2, 0) is 4.84 Å². The van der Waals surface area contributed by atoms with Gasteiger partial charge >= 0.3 is 0 Å². The molecule has 0 spiro atoms. The minimum Gasteiger partial charge on any atom is -0.336 e. The van der Waals surface area contributed by atoms with Crippen molar-refractivity contribution in [3.8, 4) is 0 Å². The Hall–Kier alpha value is -1.38. The molecule has 3 heteroatoms. The van der Waals surface area contributed by atoms with Gasteiger partial charge in [-0.25, -0.2) is 4.99 Å². The molecule has 2 aliphatic rings. The summed E-state index contributed by atoms with van der Waals surface area (Å²) in [7, 11) is 0. The number of allylic oxidation sites excluding steroid dienone is 2. The summed E-state index contributed by atoms with van der Waals surface area (Å²) >= 11 is 0. The molecule has 0 aliphatic carbocycles. The molecular formula is C7H5N2O. The summed E-state index contributed by atoms with van der Waals surface area (Å²) in [5.41, 5.74) is 0.970. The van der Waals surface area contributed by atoms with E-state index in [1.54, 1.807) is 6.20 Å². The molecule has 0 saturated heterocycles. The number of aliphatic imine (C=N–C) groups is 1. The molecule has 10 heavy (non-hydrogen) atoms. The van der Waals surface area contributed by atoms with Gasteiger partial charge in [0.15, 0.2) is 0 Å². The third-order valence-electron chi connectivity index (χ3n) is 1.31. The third kappa shape index (κ3) is 0.757. The molecule has 0 N–H and O–H groups in total. The first-order valence-corrected chi connectivity index (χ1v) is 3.01. The van der Waals surface area contributed by atoms with Crippen LogP contribution in [0.3, 0.4) is 0 Å². The summed E-state index contributed by atoms with van der Waals surface area (Å²) in [6.45, 7) is 0. The normalized spacial score (nSPS) is 20.8. The van der Waals surface area contributed by atoms with Crippen LogP contribution in [0.5, 0.6) is 0 Å². The van der Waals surface area contributed by atoms with Gasteiger partial charge in [0, 0.05) is 17.8 Å². The molecule has 1 radical (unpaired) electrons. The molecule has 0 unspecified atom stereocenters. The molecule has 0 fully saturated rings. The van der Waals surface area contributed by atoms with Gasteiger partial charge in [0.1, 0.15) is 0 Å². The largest absolute Gasteiger partial charge is 0.336 e. The molecule has 49 valence electrons. The first-order valence-electron chi connectivity index (χ1n) is 3.01. The van der Waals surface area contributed by atoms with Crippen LogP contribution >= 0.6 is 0 Å². The van der Waals surface area contributed by atoms with E-state index in [4.69, 9.17) is 4.84 Å². The van der Waals surface area contributed by atoms with E-state index < -0.39 is 0 Å². The maximum atomic E-state index is 4.85. The van der Waals surface area contributed by atoms with Crippen LogP contribution in [0.25, 0.3) is 0 Å². The van der Waals surface area contributed by atoms with Gasteiger partial charge in [-0.15, -0.1) is 0 Å². The Morgan fingerprint density at radius 1 is 1.60 bits per heavy atom. The van der Waals surface area contributed by atoms with E-state index >= 15 is 0 Å². The van der Waals surface area contributed by atoms with Crippen LogP contribution in [0.15, 0.2) is 28.0 Å². The third-order valence-corrected chi connectivity index (χ3v) is 1.31. The predicted octanol–water partition coefficient (Wildman–Crippen LogP) is 1.05. The van der Waals surface area contributed by atoms with Gasteiger partial charge in [-0.3, -0.25) is 0 Å². The molecule has 0 aromatic rings. The smallest absolute Gasteiger partial charge is 0.252 e. The van der Waals surface area contributed by atoms with E-state index in [0.717, 1.165) is 12.0 Å². The number of fused-ring (bicyclic) bond motifs is 1. The Kier molecular flexibility index (Phi) is 1.13. The highest BCUT2D eigenvalue weighted by atomic mass is 16.6. The van der Waals surface area contributed by atoms with Crippen molar-refractivity contribution in [2.24, 2.45) is 10.1 Å². The van der Waals surface area contributed by atoms with E-state index in [2.05, 4.69) is 16.2 Å². The first kappa shape index (κ1) is 5.41. The minimum absolute atomic E-state index is 0.574. The van der Waals surface area contributed by atoms with Gasteiger partial charge < -0.3 is 4.84 Å². The molecule has 0 aromatic carbocycles. The molecule has 2 rings (SSSR count). The first-order chi connectivity index (χ1) is 4.97. The minimum atomic E-state index is 0.574. The topological polar surface area (TPSA) is 34.0 Å². The van der Waals surface area contributed by atoms with Crippen molar-refractivity contribution in [1.82, 2.24) is 0 Å². The van der Waals surface area contributed by atoms with Crippen molar-refractivity contribution in [2.45, 2.75) is 6.42 Å². The SMILES string of the molecule is [C]1=C2CC=CN=C2ON=C1. The van der Waals surface area contributed by atoms with Crippen molar-refractivity contribution in [3.63, 3.8) is 0 Å². The standard InChI is InChI=1S/C7H5N2O/c1-2-6-3-5-9-10-7(6)8-4-1/h1,4-5H,2H2. The fourth-order valence-corrected chi connectivity index (χ4v) is 0.836. The second kappa shape index (κ2) is 2.10. The van der Waals surface area contributed by atoms with Gasteiger partial charge in [0.05, 0.1) is 6.21 Å². The molecular weight excluding hydrogens is 128 g/mol. The number of hydrogen-bond acceptors (Lipinski definition) is 3. The second-order valence-corrected chi connectivity index (χ2v) is 1.97. The Balaban J connectivity index is 2.38. The lowest BCUT2D eigenvalue weighted by atomic mass is 10.1. The van der Waals surface area contributed by atoms with Gasteiger partial charge in [0.25, 0.3) is 5.90 Å². The summed E-state index contributed by atoms with van der Waals surface area (Å²) in [4.78, 5) is 8.80. The molecule has 0 amide bonds. The number of nitrogens with zero attached hydrogens (tertiary/aromatic N) is 2. The van der Waals surface area contributed by atoms with Crippen LogP contribution in [-0.4, -0.2) is 12.1 Å². The average molecular weight is 133 g/mol. The summed E-state index contributed by atoms with van der Waals surface area (Å²) in [5, 5.41) is 3.54. The van der Waals surface area contributed by atoms with Gasteiger partial charge in [-0.2, -0.15) is 0 Å². The lowest BCUT2D eigenvalue weighted by Crippen LogP contribution is -2.10.